The number of halogens is 1. The van der Waals surface area contributed by atoms with Crippen molar-refractivity contribution in [3.8, 4) is 5.75 Å². The number of amides is 2. The Bertz CT molecular complexity index is 1270. The first kappa shape index (κ1) is 23.0. The van der Waals surface area contributed by atoms with E-state index in [1.807, 2.05) is 0 Å². The summed E-state index contributed by atoms with van der Waals surface area (Å²) in [5, 5.41) is 6.85. The van der Waals surface area contributed by atoms with Gasteiger partial charge in [-0.05, 0) is 60.2 Å². The molecule has 0 bridgehead atoms. The van der Waals surface area contributed by atoms with Crippen LogP contribution in [0.1, 0.15) is 22.8 Å². The minimum atomic E-state index is -4.09. The van der Waals surface area contributed by atoms with Crippen molar-refractivity contribution in [1.82, 2.24) is 5.43 Å². The van der Waals surface area contributed by atoms with Gasteiger partial charge in [-0.2, -0.15) is 13.5 Å². The predicted octanol–water partition coefficient (Wildman–Crippen LogP) is 3.83. The molecule has 0 aliphatic carbocycles. The zero-order valence-corrected chi connectivity index (χ0v) is 18.4. The SMILES string of the molecule is CC(=O)Nc1ccc(S(=O)(=O)Oc2cccc(/C=N\NC(=O)c3cccc(Cl)c3)c2)cc1. The maximum atomic E-state index is 12.5. The molecule has 0 atom stereocenters. The van der Waals surface area contributed by atoms with E-state index in [-0.39, 0.29) is 16.6 Å². The van der Waals surface area contributed by atoms with Crippen LogP contribution in [0.3, 0.4) is 0 Å². The van der Waals surface area contributed by atoms with Crippen LogP contribution in [0.15, 0.2) is 82.8 Å². The number of benzene rings is 3. The van der Waals surface area contributed by atoms with Crippen LogP contribution >= 0.6 is 11.6 Å². The molecule has 0 heterocycles. The highest BCUT2D eigenvalue weighted by Gasteiger charge is 2.17. The quantitative estimate of drug-likeness (QED) is 0.309. The van der Waals surface area contributed by atoms with Gasteiger partial charge in [-0.1, -0.05) is 29.8 Å². The first-order valence-corrected chi connectivity index (χ1v) is 11.0. The van der Waals surface area contributed by atoms with Crippen molar-refractivity contribution >= 4 is 45.4 Å². The van der Waals surface area contributed by atoms with Crippen LogP contribution in [0.4, 0.5) is 5.69 Å². The van der Waals surface area contributed by atoms with E-state index < -0.39 is 16.0 Å². The van der Waals surface area contributed by atoms with Gasteiger partial charge < -0.3 is 9.50 Å². The zero-order valence-electron chi connectivity index (χ0n) is 16.8. The van der Waals surface area contributed by atoms with E-state index in [4.69, 9.17) is 15.8 Å². The highest BCUT2D eigenvalue weighted by Crippen LogP contribution is 2.21. The fraction of sp³-hybridized carbons (Fsp3) is 0.0455. The molecule has 0 saturated carbocycles. The average Bonchev–Trinajstić information content (AvgIpc) is 2.73. The largest absolute Gasteiger partial charge is 0.379 e. The van der Waals surface area contributed by atoms with E-state index >= 15 is 0 Å². The lowest BCUT2D eigenvalue weighted by atomic mass is 10.2. The number of nitrogens with zero attached hydrogens (tertiary/aromatic N) is 1. The molecule has 2 N–H and O–H groups in total. The number of nitrogens with one attached hydrogen (secondary N) is 2. The first-order chi connectivity index (χ1) is 15.2. The molecule has 0 fully saturated rings. The molecule has 3 aromatic carbocycles. The number of hydrazone groups is 1. The summed E-state index contributed by atoms with van der Waals surface area (Å²) < 4.78 is 30.2. The Kier molecular flexibility index (Phi) is 7.24. The van der Waals surface area contributed by atoms with Crippen LogP contribution in [-0.2, 0) is 14.9 Å². The zero-order chi connectivity index (χ0) is 23.1. The van der Waals surface area contributed by atoms with Gasteiger partial charge in [0.25, 0.3) is 5.91 Å². The van der Waals surface area contributed by atoms with Gasteiger partial charge in [0.15, 0.2) is 0 Å². The van der Waals surface area contributed by atoms with Gasteiger partial charge in [-0.15, -0.1) is 0 Å². The average molecular weight is 472 g/mol. The Hall–Kier alpha value is -3.69. The normalized spacial score (nSPS) is 11.2. The molecule has 8 nitrogen and oxygen atoms in total. The molecule has 32 heavy (non-hydrogen) atoms. The fourth-order valence-corrected chi connectivity index (χ4v) is 3.70. The van der Waals surface area contributed by atoms with Crippen LogP contribution in [-0.4, -0.2) is 26.4 Å². The van der Waals surface area contributed by atoms with Crippen LogP contribution in [0.5, 0.6) is 5.75 Å². The molecular weight excluding hydrogens is 454 g/mol. The molecule has 0 radical (unpaired) electrons. The third-order valence-electron chi connectivity index (χ3n) is 3.99. The Morgan fingerprint density at radius 1 is 1.00 bits per heavy atom. The smallest absolute Gasteiger partial charge is 0.339 e. The standard InChI is InChI=1S/C22H18ClN3O5S/c1-15(27)25-19-8-10-21(11-9-19)32(29,30)31-20-7-2-4-16(12-20)14-24-26-22(28)17-5-3-6-18(23)13-17/h2-14H,1H3,(H,25,27)(H,26,28)/b24-14-. The van der Waals surface area contributed by atoms with Crippen molar-refractivity contribution in [2.24, 2.45) is 5.10 Å². The van der Waals surface area contributed by atoms with Crippen LogP contribution in [0.25, 0.3) is 0 Å². The van der Waals surface area contributed by atoms with Crippen molar-refractivity contribution in [3.05, 3.63) is 88.9 Å². The van der Waals surface area contributed by atoms with Crippen molar-refractivity contribution < 1.29 is 22.2 Å². The summed E-state index contributed by atoms with van der Waals surface area (Å²) in [4.78, 5) is 23.1. The van der Waals surface area contributed by atoms with Crippen molar-refractivity contribution in [2.45, 2.75) is 11.8 Å². The number of carbonyl (C=O) groups is 2. The Labute approximate surface area is 190 Å². The molecular formula is C22H18ClN3O5S. The van der Waals surface area contributed by atoms with E-state index in [1.54, 1.807) is 30.3 Å². The highest BCUT2D eigenvalue weighted by atomic mass is 35.5. The van der Waals surface area contributed by atoms with Gasteiger partial charge in [0.2, 0.25) is 5.91 Å². The Morgan fingerprint density at radius 3 is 2.41 bits per heavy atom. The molecule has 0 aromatic heterocycles. The molecule has 0 aliphatic heterocycles. The molecule has 2 amide bonds. The van der Waals surface area contributed by atoms with E-state index in [1.165, 1.54) is 55.6 Å². The number of hydrogen-bond donors (Lipinski definition) is 2. The molecule has 0 aliphatic rings. The van der Waals surface area contributed by atoms with Gasteiger partial charge in [-0.3, -0.25) is 9.59 Å². The minimum Gasteiger partial charge on any atom is -0.379 e. The lowest BCUT2D eigenvalue weighted by Gasteiger charge is -2.08. The van der Waals surface area contributed by atoms with E-state index in [2.05, 4.69) is 15.8 Å². The lowest BCUT2D eigenvalue weighted by Crippen LogP contribution is -2.17. The van der Waals surface area contributed by atoms with E-state index in [0.717, 1.165) is 0 Å². The first-order valence-electron chi connectivity index (χ1n) is 9.24. The van der Waals surface area contributed by atoms with Crippen LogP contribution in [0, 0.1) is 0 Å². The second-order valence-corrected chi connectivity index (χ2v) is 8.51. The van der Waals surface area contributed by atoms with Crippen molar-refractivity contribution in [2.75, 3.05) is 5.32 Å². The summed E-state index contributed by atoms with van der Waals surface area (Å²) in [6.07, 6.45) is 1.35. The summed E-state index contributed by atoms with van der Waals surface area (Å²) in [5.41, 5.74) is 3.69. The van der Waals surface area contributed by atoms with Crippen molar-refractivity contribution in [3.63, 3.8) is 0 Å². The summed E-state index contributed by atoms with van der Waals surface area (Å²) in [6, 6.07) is 18.2. The number of hydrogen-bond acceptors (Lipinski definition) is 6. The number of anilines is 1. The maximum absolute atomic E-state index is 12.5. The second kappa shape index (κ2) is 10.1. The van der Waals surface area contributed by atoms with Crippen LogP contribution < -0.4 is 14.9 Å². The predicted molar refractivity (Wildman–Crippen MR) is 122 cm³/mol. The summed E-state index contributed by atoms with van der Waals surface area (Å²) in [7, 11) is -4.09. The molecule has 10 heteroatoms. The van der Waals surface area contributed by atoms with Gasteiger partial charge in [-0.25, -0.2) is 5.43 Å². The molecule has 164 valence electrons. The monoisotopic (exact) mass is 471 g/mol. The summed E-state index contributed by atoms with van der Waals surface area (Å²) >= 11 is 5.86. The van der Waals surface area contributed by atoms with Crippen LogP contribution in [0.2, 0.25) is 5.02 Å². The minimum absolute atomic E-state index is 0.0699. The Balaban J connectivity index is 1.66. The Morgan fingerprint density at radius 2 is 1.72 bits per heavy atom. The number of rotatable bonds is 7. The maximum Gasteiger partial charge on any atom is 0.339 e. The molecule has 0 unspecified atom stereocenters. The molecule has 3 aromatic rings. The number of carbonyl (C=O) groups excluding carboxylic acids is 2. The van der Waals surface area contributed by atoms with Crippen molar-refractivity contribution in [1.29, 1.82) is 0 Å². The third kappa shape index (κ3) is 6.40. The second-order valence-electron chi connectivity index (χ2n) is 6.52. The van der Waals surface area contributed by atoms with Gasteiger partial charge >= 0.3 is 10.1 Å². The fourth-order valence-electron chi connectivity index (χ4n) is 2.59. The molecule has 3 rings (SSSR count). The molecule has 0 saturated heterocycles. The van der Waals surface area contributed by atoms with E-state index in [0.29, 0.717) is 21.8 Å². The summed E-state index contributed by atoms with van der Waals surface area (Å²) in [6.45, 7) is 1.35. The van der Waals surface area contributed by atoms with Gasteiger partial charge in [0, 0.05) is 23.2 Å². The topological polar surface area (TPSA) is 114 Å². The molecule has 0 spiro atoms. The lowest BCUT2D eigenvalue weighted by molar-refractivity contribution is -0.114. The highest BCUT2D eigenvalue weighted by molar-refractivity contribution is 7.87. The third-order valence-corrected chi connectivity index (χ3v) is 5.49. The van der Waals surface area contributed by atoms with Gasteiger partial charge in [0.05, 0.1) is 6.21 Å². The van der Waals surface area contributed by atoms with E-state index in [9.17, 15) is 18.0 Å². The van der Waals surface area contributed by atoms with Gasteiger partial charge in [0.1, 0.15) is 10.6 Å². The summed E-state index contributed by atoms with van der Waals surface area (Å²) in [5.74, 6) is -0.637.